The van der Waals surface area contributed by atoms with Crippen LogP contribution in [0.4, 0.5) is 4.39 Å². The Balaban J connectivity index is 1.82. The Labute approximate surface area is 99.1 Å². The molecule has 0 spiro atoms. The van der Waals surface area contributed by atoms with Crippen molar-refractivity contribution in [2.75, 3.05) is 6.67 Å². The maximum Gasteiger partial charge on any atom is 0.0894 e. The van der Waals surface area contributed by atoms with Gasteiger partial charge in [-0.3, -0.25) is 8.60 Å². The van der Waals surface area contributed by atoms with E-state index >= 15 is 0 Å². The van der Waals surface area contributed by atoms with Gasteiger partial charge in [-0.2, -0.15) is 0 Å². The van der Waals surface area contributed by atoms with E-state index in [1.54, 1.807) is 0 Å². The monoisotopic (exact) mass is 248 g/mol. The minimum absolute atomic E-state index is 0.227. The second-order valence-electron chi connectivity index (χ2n) is 5.28. The topological polar surface area (TPSA) is 37.3 Å². The van der Waals surface area contributed by atoms with E-state index in [0.29, 0.717) is 19.3 Å². The molecule has 2 saturated heterocycles. The molecule has 0 radical (unpaired) electrons. The number of halogens is 1. The number of unbranched alkanes of at least 4 members (excludes halogenated alkanes) is 2. The largest absolute Gasteiger partial charge is 0.390 e. The number of rotatable bonds is 5. The lowest BCUT2D eigenvalue weighted by Gasteiger charge is -2.36. The molecular formula is C12H21FO2S. The fraction of sp³-hybridized carbons (Fsp3) is 1.00. The molecule has 2 aliphatic heterocycles. The fourth-order valence-corrected chi connectivity index (χ4v) is 5.34. The minimum Gasteiger partial charge on any atom is -0.390 e. The zero-order valence-electron chi connectivity index (χ0n) is 9.66. The molecule has 2 atom stereocenters. The third kappa shape index (κ3) is 2.65. The van der Waals surface area contributed by atoms with Gasteiger partial charge >= 0.3 is 0 Å². The molecule has 4 heteroatoms. The van der Waals surface area contributed by atoms with Gasteiger partial charge in [0.05, 0.1) is 12.3 Å². The molecule has 1 N–H and O–H groups in total. The summed E-state index contributed by atoms with van der Waals surface area (Å²) in [4.78, 5) is 0. The van der Waals surface area contributed by atoms with E-state index in [1.807, 2.05) is 0 Å². The zero-order valence-corrected chi connectivity index (χ0v) is 10.5. The SMILES string of the molecule is O=S1C2CCC1CC(O)(CCCCCF)C2. The number of alkyl halides is 1. The van der Waals surface area contributed by atoms with Crippen LogP contribution in [0, 0.1) is 0 Å². The van der Waals surface area contributed by atoms with Gasteiger partial charge in [-0.1, -0.05) is 12.8 Å². The number of hydrogen-bond acceptors (Lipinski definition) is 2. The Morgan fingerprint density at radius 1 is 1.19 bits per heavy atom. The third-order valence-electron chi connectivity index (χ3n) is 3.96. The normalized spacial score (nSPS) is 42.5. The Bertz CT molecular complexity index is 254. The molecule has 2 bridgehead atoms. The van der Waals surface area contributed by atoms with Crippen molar-refractivity contribution >= 4 is 10.8 Å². The molecule has 0 aromatic rings. The first kappa shape index (κ1) is 12.5. The predicted octanol–water partition coefficient (Wildman–Crippen LogP) is 2.32. The highest BCUT2D eigenvalue weighted by atomic mass is 32.2. The predicted molar refractivity (Wildman–Crippen MR) is 63.6 cm³/mol. The first-order valence-corrected chi connectivity index (χ1v) is 7.60. The van der Waals surface area contributed by atoms with Crippen molar-refractivity contribution in [2.45, 2.75) is 67.5 Å². The van der Waals surface area contributed by atoms with Crippen molar-refractivity contribution in [2.24, 2.45) is 0 Å². The van der Waals surface area contributed by atoms with Gasteiger partial charge in [0.1, 0.15) is 0 Å². The number of aliphatic hydroxyl groups is 1. The molecule has 0 aromatic heterocycles. The summed E-state index contributed by atoms with van der Waals surface area (Å²) in [6.07, 6.45) is 6.56. The van der Waals surface area contributed by atoms with Crippen molar-refractivity contribution < 1.29 is 13.7 Å². The molecule has 0 aliphatic carbocycles. The van der Waals surface area contributed by atoms with Crippen LogP contribution in [-0.4, -0.2) is 32.1 Å². The van der Waals surface area contributed by atoms with E-state index < -0.39 is 16.4 Å². The van der Waals surface area contributed by atoms with Crippen LogP contribution < -0.4 is 0 Å². The minimum atomic E-state index is -0.694. The van der Waals surface area contributed by atoms with Crippen molar-refractivity contribution in [1.82, 2.24) is 0 Å². The van der Waals surface area contributed by atoms with E-state index in [9.17, 15) is 13.7 Å². The number of fused-ring (bicyclic) bond motifs is 2. The van der Waals surface area contributed by atoms with Crippen LogP contribution >= 0.6 is 0 Å². The maximum atomic E-state index is 11.9. The molecule has 16 heavy (non-hydrogen) atoms. The lowest BCUT2D eigenvalue weighted by molar-refractivity contribution is 0.0118. The van der Waals surface area contributed by atoms with Crippen molar-refractivity contribution in [3.05, 3.63) is 0 Å². The summed E-state index contributed by atoms with van der Waals surface area (Å²) in [5, 5.41) is 10.9. The molecule has 0 amide bonds. The highest BCUT2D eigenvalue weighted by Crippen LogP contribution is 2.42. The van der Waals surface area contributed by atoms with Crippen LogP contribution in [0.2, 0.25) is 0 Å². The highest BCUT2D eigenvalue weighted by molar-refractivity contribution is 7.86. The molecule has 94 valence electrons. The van der Waals surface area contributed by atoms with E-state index in [-0.39, 0.29) is 17.2 Å². The van der Waals surface area contributed by atoms with Crippen LogP contribution in [0.15, 0.2) is 0 Å². The molecule has 2 heterocycles. The summed E-state index contributed by atoms with van der Waals surface area (Å²) >= 11 is 0. The smallest absolute Gasteiger partial charge is 0.0894 e. The summed E-state index contributed by atoms with van der Waals surface area (Å²) in [5.74, 6) is 0. The van der Waals surface area contributed by atoms with E-state index in [0.717, 1.165) is 32.1 Å². The molecule has 0 saturated carbocycles. The van der Waals surface area contributed by atoms with Gasteiger partial charge in [0.2, 0.25) is 0 Å². The standard InChI is InChI=1S/C12H21FO2S/c13-7-3-1-2-6-12(14)8-10-4-5-11(9-12)16(10)15/h10-11,14H,1-9H2. The lowest BCUT2D eigenvalue weighted by Crippen LogP contribution is -2.42. The van der Waals surface area contributed by atoms with Crippen molar-refractivity contribution in [3.8, 4) is 0 Å². The first-order chi connectivity index (χ1) is 7.64. The van der Waals surface area contributed by atoms with Crippen LogP contribution in [0.25, 0.3) is 0 Å². The van der Waals surface area contributed by atoms with E-state index in [4.69, 9.17) is 0 Å². The van der Waals surface area contributed by atoms with Gasteiger partial charge < -0.3 is 5.11 Å². The van der Waals surface area contributed by atoms with E-state index in [1.165, 1.54) is 0 Å². The molecule has 2 rings (SSSR count). The van der Waals surface area contributed by atoms with Crippen LogP contribution in [0.3, 0.4) is 0 Å². The van der Waals surface area contributed by atoms with Gasteiger partial charge in [-0.15, -0.1) is 0 Å². The molecular weight excluding hydrogens is 227 g/mol. The molecule has 2 fully saturated rings. The fourth-order valence-electron chi connectivity index (χ4n) is 3.11. The zero-order chi connectivity index (χ0) is 11.6. The second kappa shape index (κ2) is 5.13. The molecule has 2 unspecified atom stereocenters. The maximum absolute atomic E-state index is 11.9. The van der Waals surface area contributed by atoms with Gasteiger partial charge in [-0.25, -0.2) is 0 Å². The first-order valence-electron chi connectivity index (χ1n) is 6.32. The summed E-state index contributed by atoms with van der Waals surface area (Å²) in [7, 11) is -0.694. The van der Waals surface area contributed by atoms with Crippen LogP contribution in [0.1, 0.15) is 51.4 Å². The number of hydrogen-bond donors (Lipinski definition) is 1. The highest BCUT2D eigenvalue weighted by Gasteiger charge is 2.46. The average Bonchev–Trinajstić information content (AvgIpc) is 2.51. The van der Waals surface area contributed by atoms with E-state index in [2.05, 4.69) is 0 Å². The summed E-state index contributed by atoms with van der Waals surface area (Å²) in [6, 6.07) is 0. The van der Waals surface area contributed by atoms with Gasteiger partial charge in [0.15, 0.2) is 0 Å². The van der Waals surface area contributed by atoms with Gasteiger partial charge in [0.25, 0.3) is 0 Å². The Morgan fingerprint density at radius 3 is 2.38 bits per heavy atom. The van der Waals surface area contributed by atoms with Gasteiger partial charge in [-0.05, 0) is 38.5 Å². The molecule has 0 aromatic carbocycles. The van der Waals surface area contributed by atoms with Crippen LogP contribution in [0.5, 0.6) is 0 Å². The summed E-state index contributed by atoms with van der Waals surface area (Å²) in [5.41, 5.74) is -0.601. The Morgan fingerprint density at radius 2 is 1.81 bits per heavy atom. The summed E-state index contributed by atoms with van der Waals surface area (Å²) < 4.78 is 23.7. The molecule has 2 nitrogen and oxygen atoms in total. The van der Waals surface area contributed by atoms with Crippen LogP contribution in [-0.2, 0) is 10.8 Å². The molecule has 2 aliphatic rings. The second-order valence-corrected chi connectivity index (χ2v) is 7.27. The van der Waals surface area contributed by atoms with Crippen molar-refractivity contribution in [3.63, 3.8) is 0 Å². The van der Waals surface area contributed by atoms with Gasteiger partial charge in [0, 0.05) is 21.3 Å². The average molecular weight is 248 g/mol. The quantitative estimate of drug-likeness (QED) is 0.758. The summed E-state index contributed by atoms with van der Waals surface area (Å²) in [6.45, 7) is -0.256. The Kier molecular flexibility index (Phi) is 4.01. The van der Waals surface area contributed by atoms with Crippen molar-refractivity contribution in [1.29, 1.82) is 0 Å². The lowest BCUT2D eigenvalue weighted by atomic mass is 9.88. The third-order valence-corrected chi connectivity index (χ3v) is 6.08. The Hall–Kier alpha value is 0.0400.